The predicted octanol–water partition coefficient (Wildman–Crippen LogP) is 4.00. The maximum absolute atomic E-state index is 11.8. The number of carbonyl (C=O) groups is 2. The molecule has 3 aromatic rings. The van der Waals surface area contributed by atoms with Crippen molar-refractivity contribution in [3.05, 3.63) is 40.0 Å². The van der Waals surface area contributed by atoms with Crippen LogP contribution in [0.2, 0.25) is 0 Å². The summed E-state index contributed by atoms with van der Waals surface area (Å²) in [6.07, 6.45) is 2.74. The molecule has 2 heterocycles. The van der Waals surface area contributed by atoms with Crippen molar-refractivity contribution in [3.63, 3.8) is 0 Å². The van der Waals surface area contributed by atoms with Crippen LogP contribution in [0.15, 0.2) is 18.3 Å². The minimum absolute atomic E-state index is 0.170. The second-order valence-electron chi connectivity index (χ2n) is 6.16. The SMILES string of the molecule is CCOC(=O)Cc1cn2c(C=O)c(-c3cc(C)c(C)cc3OCC)nc2s1. The Morgan fingerprint density at radius 3 is 2.63 bits per heavy atom. The van der Waals surface area contributed by atoms with Gasteiger partial charge in [0.25, 0.3) is 0 Å². The normalized spacial score (nSPS) is 11.0. The van der Waals surface area contributed by atoms with Gasteiger partial charge >= 0.3 is 5.97 Å². The third-order valence-corrected chi connectivity index (χ3v) is 5.28. The van der Waals surface area contributed by atoms with E-state index in [-0.39, 0.29) is 12.4 Å². The molecule has 0 bridgehead atoms. The molecule has 2 aromatic heterocycles. The number of thiazole rings is 1. The van der Waals surface area contributed by atoms with Crippen molar-refractivity contribution < 1.29 is 19.1 Å². The molecule has 0 radical (unpaired) electrons. The number of hydrogen-bond acceptors (Lipinski definition) is 6. The lowest BCUT2D eigenvalue weighted by Gasteiger charge is -2.12. The second kappa shape index (κ2) is 7.92. The summed E-state index contributed by atoms with van der Waals surface area (Å²) < 4.78 is 12.5. The number of esters is 1. The standard InChI is InChI=1S/C20H22N2O4S/c1-5-25-17-8-13(4)12(3)7-15(17)19-16(11-23)22-10-14(27-20(22)21-19)9-18(24)26-6-2/h7-8,10-11H,5-6,9H2,1-4H3. The number of hydrogen-bond donors (Lipinski definition) is 0. The summed E-state index contributed by atoms with van der Waals surface area (Å²) in [7, 11) is 0. The number of aromatic nitrogens is 2. The third-order valence-electron chi connectivity index (χ3n) is 4.30. The lowest BCUT2D eigenvalue weighted by Crippen LogP contribution is -2.06. The molecular formula is C20H22N2O4S. The van der Waals surface area contributed by atoms with Gasteiger partial charge in [0.2, 0.25) is 0 Å². The molecule has 27 heavy (non-hydrogen) atoms. The van der Waals surface area contributed by atoms with E-state index in [4.69, 9.17) is 9.47 Å². The van der Waals surface area contributed by atoms with Crippen LogP contribution in [-0.4, -0.2) is 34.9 Å². The number of carbonyl (C=O) groups excluding carboxylic acids is 2. The molecule has 3 rings (SSSR count). The number of ether oxygens (including phenoxy) is 2. The van der Waals surface area contributed by atoms with Gasteiger partial charge in [-0.2, -0.15) is 0 Å². The van der Waals surface area contributed by atoms with Crippen LogP contribution < -0.4 is 4.74 Å². The summed E-state index contributed by atoms with van der Waals surface area (Å²) in [5.41, 5.74) is 4.05. The topological polar surface area (TPSA) is 69.9 Å². The first-order chi connectivity index (χ1) is 13.0. The van der Waals surface area contributed by atoms with Gasteiger partial charge in [-0.1, -0.05) is 0 Å². The lowest BCUT2D eigenvalue weighted by molar-refractivity contribution is -0.142. The summed E-state index contributed by atoms with van der Waals surface area (Å²) >= 11 is 1.37. The number of nitrogens with zero attached hydrogens (tertiary/aromatic N) is 2. The minimum atomic E-state index is -0.289. The second-order valence-corrected chi connectivity index (χ2v) is 7.25. The van der Waals surface area contributed by atoms with Crippen LogP contribution in [0.4, 0.5) is 0 Å². The van der Waals surface area contributed by atoms with E-state index in [2.05, 4.69) is 4.98 Å². The molecule has 0 unspecified atom stereocenters. The average Bonchev–Trinajstić information content (AvgIpc) is 3.15. The van der Waals surface area contributed by atoms with E-state index >= 15 is 0 Å². The fourth-order valence-electron chi connectivity index (χ4n) is 2.90. The zero-order chi connectivity index (χ0) is 19.6. The zero-order valence-corrected chi connectivity index (χ0v) is 16.7. The molecule has 0 saturated heterocycles. The zero-order valence-electron chi connectivity index (χ0n) is 15.9. The summed E-state index contributed by atoms with van der Waals surface area (Å²) in [4.78, 5) is 29.7. The number of fused-ring (bicyclic) bond motifs is 1. The molecule has 0 atom stereocenters. The number of benzene rings is 1. The van der Waals surface area contributed by atoms with E-state index < -0.39 is 0 Å². The molecule has 0 amide bonds. The summed E-state index contributed by atoms with van der Waals surface area (Å²) in [5.74, 6) is 0.420. The monoisotopic (exact) mass is 386 g/mol. The van der Waals surface area contributed by atoms with Gasteiger partial charge in [0.05, 0.1) is 19.6 Å². The first-order valence-corrected chi connectivity index (χ1v) is 9.66. The molecule has 0 N–H and O–H groups in total. The van der Waals surface area contributed by atoms with Gasteiger partial charge in [-0.05, 0) is 51.0 Å². The first kappa shape index (κ1) is 19.1. The summed E-state index contributed by atoms with van der Waals surface area (Å²) in [6.45, 7) is 8.61. The number of rotatable bonds is 7. The van der Waals surface area contributed by atoms with Crippen LogP contribution in [0, 0.1) is 13.8 Å². The molecule has 142 valence electrons. The van der Waals surface area contributed by atoms with E-state index in [1.165, 1.54) is 11.3 Å². The molecular weight excluding hydrogens is 364 g/mol. The molecule has 0 aliphatic heterocycles. The maximum atomic E-state index is 11.8. The summed E-state index contributed by atoms with van der Waals surface area (Å²) in [6, 6.07) is 3.97. The van der Waals surface area contributed by atoms with Gasteiger partial charge < -0.3 is 9.47 Å². The van der Waals surface area contributed by atoms with Crippen LogP contribution in [0.1, 0.15) is 40.3 Å². The van der Waals surface area contributed by atoms with Crippen molar-refractivity contribution in [2.75, 3.05) is 13.2 Å². The van der Waals surface area contributed by atoms with Crippen molar-refractivity contribution >= 4 is 28.6 Å². The van der Waals surface area contributed by atoms with Crippen LogP contribution in [-0.2, 0) is 16.0 Å². The highest BCUT2D eigenvalue weighted by Gasteiger charge is 2.20. The van der Waals surface area contributed by atoms with Crippen molar-refractivity contribution in [1.29, 1.82) is 0 Å². The Labute approximate surface area is 161 Å². The van der Waals surface area contributed by atoms with Gasteiger partial charge in [0.15, 0.2) is 11.2 Å². The largest absolute Gasteiger partial charge is 0.493 e. The van der Waals surface area contributed by atoms with E-state index in [1.54, 1.807) is 17.5 Å². The first-order valence-electron chi connectivity index (χ1n) is 8.84. The van der Waals surface area contributed by atoms with E-state index in [0.29, 0.717) is 35.3 Å². The molecule has 6 nitrogen and oxygen atoms in total. The lowest BCUT2D eigenvalue weighted by atomic mass is 10.0. The van der Waals surface area contributed by atoms with Crippen molar-refractivity contribution in [2.45, 2.75) is 34.1 Å². The Kier molecular flexibility index (Phi) is 5.60. The maximum Gasteiger partial charge on any atom is 0.311 e. The number of aldehydes is 1. The fraction of sp³-hybridized carbons (Fsp3) is 0.350. The van der Waals surface area contributed by atoms with Crippen LogP contribution in [0.5, 0.6) is 5.75 Å². The van der Waals surface area contributed by atoms with Crippen LogP contribution in [0.25, 0.3) is 16.2 Å². The van der Waals surface area contributed by atoms with Gasteiger partial charge in [0.1, 0.15) is 17.1 Å². The van der Waals surface area contributed by atoms with Gasteiger partial charge in [-0.15, -0.1) is 11.3 Å². The Balaban J connectivity index is 2.08. The molecule has 0 spiro atoms. The quantitative estimate of drug-likeness (QED) is 0.453. The third kappa shape index (κ3) is 3.73. The molecule has 0 aliphatic carbocycles. The fourth-order valence-corrected chi connectivity index (χ4v) is 3.87. The van der Waals surface area contributed by atoms with Crippen LogP contribution in [0.3, 0.4) is 0 Å². The van der Waals surface area contributed by atoms with Crippen molar-refractivity contribution in [2.24, 2.45) is 0 Å². The van der Waals surface area contributed by atoms with Crippen LogP contribution >= 0.6 is 11.3 Å². The molecule has 7 heteroatoms. The minimum Gasteiger partial charge on any atom is -0.493 e. The Hall–Kier alpha value is -2.67. The van der Waals surface area contributed by atoms with E-state index in [0.717, 1.165) is 27.9 Å². The average molecular weight is 386 g/mol. The van der Waals surface area contributed by atoms with E-state index in [1.807, 2.05) is 32.9 Å². The van der Waals surface area contributed by atoms with E-state index in [9.17, 15) is 9.59 Å². The number of imidazole rings is 1. The highest BCUT2D eigenvalue weighted by molar-refractivity contribution is 7.17. The Morgan fingerprint density at radius 1 is 1.22 bits per heavy atom. The highest BCUT2D eigenvalue weighted by atomic mass is 32.1. The Morgan fingerprint density at radius 2 is 1.96 bits per heavy atom. The van der Waals surface area contributed by atoms with Gasteiger partial charge in [-0.25, -0.2) is 4.98 Å². The van der Waals surface area contributed by atoms with Gasteiger partial charge in [0, 0.05) is 16.6 Å². The summed E-state index contributed by atoms with van der Waals surface area (Å²) in [5, 5.41) is 0. The number of aryl methyl sites for hydroxylation is 2. The molecule has 0 aliphatic rings. The molecule has 0 fully saturated rings. The van der Waals surface area contributed by atoms with Gasteiger partial charge in [-0.3, -0.25) is 14.0 Å². The Bertz CT molecular complexity index is 1000. The van der Waals surface area contributed by atoms with Crippen molar-refractivity contribution in [3.8, 4) is 17.0 Å². The van der Waals surface area contributed by atoms with Crippen molar-refractivity contribution in [1.82, 2.24) is 9.38 Å². The molecule has 0 saturated carbocycles. The smallest absolute Gasteiger partial charge is 0.311 e. The predicted molar refractivity (Wildman–Crippen MR) is 105 cm³/mol. The highest BCUT2D eigenvalue weighted by Crippen LogP contribution is 2.35. The molecule has 1 aromatic carbocycles.